The Kier molecular flexibility index (Phi) is 8.53. The molecule has 2 rings (SSSR count). The van der Waals surface area contributed by atoms with Gasteiger partial charge in [-0.1, -0.05) is 31.2 Å². The van der Waals surface area contributed by atoms with E-state index in [1.54, 1.807) is 14.2 Å². The van der Waals surface area contributed by atoms with Crippen LogP contribution in [0.4, 0.5) is 0 Å². The van der Waals surface area contributed by atoms with Crippen LogP contribution in [-0.4, -0.2) is 39.8 Å². The molecule has 0 aliphatic carbocycles. The molecule has 2 aromatic rings. The molecule has 0 aliphatic heterocycles. The normalized spacial score (nSPS) is 11.6. The Labute approximate surface area is 157 Å². The number of rotatable bonds is 7. The van der Waals surface area contributed by atoms with Gasteiger partial charge < -0.3 is 14.4 Å². The third-order valence-corrected chi connectivity index (χ3v) is 4.07. The van der Waals surface area contributed by atoms with Crippen molar-refractivity contribution in [2.75, 3.05) is 34.9 Å². The molecule has 3 nitrogen and oxygen atoms in total. The molecule has 0 unspecified atom stereocenters. The molecule has 0 aliphatic rings. The molecular weight excluding hydrogens is 334 g/mol. The van der Waals surface area contributed by atoms with Crippen LogP contribution in [-0.2, 0) is 0 Å². The average Bonchev–Trinajstić information content (AvgIpc) is 2.62. The first-order valence-electron chi connectivity index (χ1n) is 8.24. The Morgan fingerprint density at radius 1 is 0.760 bits per heavy atom. The van der Waals surface area contributed by atoms with Crippen molar-refractivity contribution < 1.29 is 9.47 Å². The van der Waals surface area contributed by atoms with Gasteiger partial charge in [0.2, 0.25) is 0 Å². The first kappa shape index (κ1) is 21.1. The van der Waals surface area contributed by atoms with Crippen LogP contribution >= 0.6 is 12.4 Å². The smallest absolute Gasteiger partial charge is 0.118 e. The number of likely N-dealkylation sites (N-methyl/N-ethyl adjacent to an activating group) is 1. The second kappa shape index (κ2) is 10.1. The fraction of sp³-hybridized carbons (Fsp3) is 0.333. The minimum atomic E-state index is 0. The van der Waals surface area contributed by atoms with Crippen LogP contribution in [0.2, 0.25) is 0 Å². The van der Waals surface area contributed by atoms with Crippen molar-refractivity contribution in [2.45, 2.75) is 13.3 Å². The van der Waals surface area contributed by atoms with E-state index in [0.717, 1.165) is 24.5 Å². The predicted molar refractivity (Wildman–Crippen MR) is 109 cm³/mol. The lowest BCUT2D eigenvalue weighted by Gasteiger charge is -2.19. The monoisotopic (exact) mass is 361 g/mol. The third-order valence-electron chi connectivity index (χ3n) is 4.07. The molecule has 0 bridgehead atoms. The zero-order valence-electron chi connectivity index (χ0n) is 15.7. The van der Waals surface area contributed by atoms with Gasteiger partial charge in [-0.05, 0) is 67.1 Å². The summed E-state index contributed by atoms with van der Waals surface area (Å²) in [5, 5.41) is 0. The number of nitrogens with zero attached hydrogens (tertiary/aromatic N) is 1. The number of hydrogen-bond donors (Lipinski definition) is 0. The van der Waals surface area contributed by atoms with Gasteiger partial charge >= 0.3 is 0 Å². The van der Waals surface area contributed by atoms with Crippen molar-refractivity contribution in [1.29, 1.82) is 0 Å². The van der Waals surface area contributed by atoms with E-state index >= 15 is 0 Å². The molecule has 0 fully saturated rings. The van der Waals surface area contributed by atoms with Gasteiger partial charge in [0.1, 0.15) is 11.5 Å². The van der Waals surface area contributed by atoms with Gasteiger partial charge in [0.05, 0.1) is 14.2 Å². The maximum Gasteiger partial charge on any atom is 0.118 e. The average molecular weight is 362 g/mol. The first-order chi connectivity index (χ1) is 11.6. The predicted octanol–water partition coefficient (Wildman–Crippen LogP) is 5.01. The highest BCUT2D eigenvalue weighted by Gasteiger charge is 2.12. The minimum Gasteiger partial charge on any atom is -0.497 e. The van der Waals surface area contributed by atoms with Crippen molar-refractivity contribution in [3.05, 3.63) is 59.7 Å². The molecule has 0 amide bonds. The van der Waals surface area contributed by atoms with Gasteiger partial charge in [-0.15, -0.1) is 12.4 Å². The summed E-state index contributed by atoms with van der Waals surface area (Å²) in [6, 6.07) is 16.6. The summed E-state index contributed by atoms with van der Waals surface area (Å²) < 4.78 is 10.6. The van der Waals surface area contributed by atoms with Gasteiger partial charge in [0.25, 0.3) is 0 Å². The van der Waals surface area contributed by atoms with Crippen molar-refractivity contribution in [2.24, 2.45) is 0 Å². The van der Waals surface area contributed by atoms with Crippen molar-refractivity contribution >= 4 is 23.6 Å². The number of methoxy groups -OCH3 is 2. The van der Waals surface area contributed by atoms with Gasteiger partial charge in [-0.2, -0.15) is 0 Å². The van der Waals surface area contributed by atoms with Gasteiger partial charge in [-0.25, -0.2) is 0 Å². The van der Waals surface area contributed by atoms with Crippen molar-refractivity contribution in [3.63, 3.8) is 0 Å². The summed E-state index contributed by atoms with van der Waals surface area (Å²) in [6.45, 7) is 3.10. The summed E-state index contributed by atoms with van der Waals surface area (Å²) in [5.41, 5.74) is 5.18. The number of ether oxygens (including phenoxy) is 2. The summed E-state index contributed by atoms with van der Waals surface area (Å²) in [4.78, 5) is 2.21. The van der Waals surface area contributed by atoms with E-state index in [0.29, 0.717) is 0 Å². The van der Waals surface area contributed by atoms with E-state index in [1.165, 1.54) is 22.3 Å². The fourth-order valence-electron chi connectivity index (χ4n) is 2.85. The molecule has 0 aromatic heterocycles. The Morgan fingerprint density at radius 3 is 1.48 bits per heavy atom. The summed E-state index contributed by atoms with van der Waals surface area (Å²) in [7, 11) is 7.59. The summed E-state index contributed by atoms with van der Waals surface area (Å²) in [5.74, 6) is 1.76. The Hall–Kier alpha value is -1.97. The standard InChI is InChI=1S/C21H27NO2.ClH/c1-6-20(16-7-11-18(23-4)12-8-16)21(15-22(2)3)17-9-13-19(24-5)14-10-17;/h7-14H,6,15H2,1-5H3;1H/b21-20-;. The third kappa shape index (κ3) is 5.52. The maximum atomic E-state index is 5.29. The van der Waals surface area contributed by atoms with Crippen LogP contribution in [0, 0.1) is 0 Å². The summed E-state index contributed by atoms with van der Waals surface area (Å²) in [6.07, 6.45) is 0.974. The van der Waals surface area contributed by atoms with E-state index in [-0.39, 0.29) is 12.4 Å². The van der Waals surface area contributed by atoms with E-state index < -0.39 is 0 Å². The second-order valence-electron chi connectivity index (χ2n) is 6.01. The lowest BCUT2D eigenvalue weighted by atomic mass is 9.92. The number of benzene rings is 2. The lowest BCUT2D eigenvalue weighted by molar-refractivity contribution is 0.414. The SMILES string of the molecule is CC/C(=C(\CN(C)C)c1ccc(OC)cc1)c1ccc(OC)cc1.Cl. The highest BCUT2D eigenvalue weighted by atomic mass is 35.5. The molecule has 0 saturated carbocycles. The first-order valence-corrected chi connectivity index (χ1v) is 8.24. The molecule has 0 spiro atoms. The molecule has 0 heterocycles. The Morgan fingerprint density at radius 2 is 1.16 bits per heavy atom. The molecule has 0 atom stereocenters. The number of allylic oxidation sites excluding steroid dienone is 1. The molecule has 0 N–H and O–H groups in total. The fourth-order valence-corrected chi connectivity index (χ4v) is 2.85. The Bertz CT molecular complexity index is 676. The zero-order valence-corrected chi connectivity index (χ0v) is 16.5. The highest BCUT2D eigenvalue weighted by Crippen LogP contribution is 2.31. The molecule has 4 heteroatoms. The molecule has 25 heavy (non-hydrogen) atoms. The van der Waals surface area contributed by atoms with Crippen LogP contribution in [0.1, 0.15) is 24.5 Å². The molecule has 0 radical (unpaired) electrons. The molecule has 136 valence electrons. The van der Waals surface area contributed by atoms with Crippen molar-refractivity contribution in [3.8, 4) is 11.5 Å². The van der Waals surface area contributed by atoms with Crippen molar-refractivity contribution in [1.82, 2.24) is 4.90 Å². The molecular formula is C21H28ClNO2. The van der Waals surface area contributed by atoms with Crippen LogP contribution in [0.3, 0.4) is 0 Å². The van der Waals surface area contributed by atoms with E-state index in [2.05, 4.69) is 50.2 Å². The van der Waals surface area contributed by atoms with Gasteiger partial charge in [0, 0.05) is 6.54 Å². The quantitative estimate of drug-likeness (QED) is 0.647. The van der Waals surface area contributed by atoms with Crippen LogP contribution in [0.5, 0.6) is 11.5 Å². The minimum absolute atomic E-state index is 0. The second-order valence-corrected chi connectivity index (χ2v) is 6.01. The number of hydrogen-bond acceptors (Lipinski definition) is 3. The van der Waals surface area contributed by atoms with E-state index in [4.69, 9.17) is 9.47 Å². The van der Waals surface area contributed by atoms with Crippen LogP contribution in [0.15, 0.2) is 48.5 Å². The van der Waals surface area contributed by atoms with Crippen LogP contribution in [0.25, 0.3) is 11.1 Å². The van der Waals surface area contributed by atoms with Gasteiger partial charge in [-0.3, -0.25) is 0 Å². The highest BCUT2D eigenvalue weighted by molar-refractivity contribution is 5.91. The number of halogens is 1. The molecule has 2 aromatic carbocycles. The van der Waals surface area contributed by atoms with Gasteiger partial charge in [0.15, 0.2) is 0 Å². The largest absolute Gasteiger partial charge is 0.497 e. The van der Waals surface area contributed by atoms with E-state index in [1.807, 2.05) is 24.3 Å². The lowest BCUT2D eigenvalue weighted by Crippen LogP contribution is -2.15. The maximum absolute atomic E-state index is 5.29. The summed E-state index contributed by atoms with van der Waals surface area (Å²) >= 11 is 0. The van der Waals surface area contributed by atoms with E-state index in [9.17, 15) is 0 Å². The molecule has 0 saturated heterocycles. The zero-order chi connectivity index (χ0) is 17.5. The van der Waals surface area contributed by atoms with Crippen LogP contribution < -0.4 is 9.47 Å². The Balaban J connectivity index is 0.00000312. The topological polar surface area (TPSA) is 21.7 Å².